The quantitative estimate of drug-likeness (QED) is 0.862. The van der Waals surface area contributed by atoms with Crippen molar-refractivity contribution < 1.29 is 24.2 Å². The maximum absolute atomic E-state index is 12.3. The van der Waals surface area contributed by atoms with Crippen molar-refractivity contribution in [1.82, 2.24) is 4.90 Å². The highest BCUT2D eigenvalue weighted by atomic mass is 16.5. The molecule has 0 bridgehead atoms. The van der Waals surface area contributed by atoms with E-state index >= 15 is 0 Å². The van der Waals surface area contributed by atoms with Crippen LogP contribution < -0.4 is 4.74 Å². The van der Waals surface area contributed by atoms with Crippen LogP contribution in [0.5, 0.6) is 11.5 Å². The average Bonchev–Trinajstić information content (AvgIpc) is 2.52. The zero-order chi connectivity index (χ0) is 17.0. The Kier molecular flexibility index (Phi) is 5.47. The minimum atomic E-state index is -0.726. The summed E-state index contributed by atoms with van der Waals surface area (Å²) in [6.45, 7) is 3.69. The SMILES string of the molecule is COc1ccc(C(=O)OCC(=O)N2[C@H](C)CCC[C@H]2C)c(O)c1. The van der Waals surface area contributed by atoms with Crippen LogP contribution in [0.4, 0.5) is 0 Å². The maximum Gasteiger partial charge on any atom is 0.342 e. The Morgan fingerprint density at radius 2 is 1.91 bits per heavy atom. The lowest BCUT2D eigenvalue weighted by Crippen LogP contribution is -2.49. The lowest BCUT2D eigenvalue weighted by Gasteiger charge is -2.38. The van der Waals surface area contributed by atoms with Crippen LogP contribution in [0.15, 0.2) is 18.2 Å². The Balaban J connectivity index is 1.97. The number of piperidine rings is 1. The minimum absolute atomic E-state index is 0.0124. The van der Waals surface area contributed by atoms with Crippen LogP contribution >= 0.6 is 0 Å². The van der Waals surface area contributed by atoms with E-state index in [1.807, 2.05) is 13.8 Å². The third-order valence-electron chi connectivity index (χ3n) is 4.23. The Bertz CT molecular complexity index is 576. The predicted molar refractivity (Wildman–Crippen MR) is 84.6 cm³/mol. The zero-order valence-electron chi connectivity index (χ0n) is 13.7. The summed E-state index contributed by atoms with van der Waals surface area (Å²) in [4.78, 5) is 26.1. The third kappa shape index (κ3) is 3.94. The van der Waals surface area contributed by atoms with E-state index in [1.54, 1.807) is 11.0 Å². The first kappa shape index (κ1) is 17.1. The van der Waals surface area contributed by atoms with Crippen LogP contribution in [0.3, 0.4) is 0 Å². The molecule has 23 heavy (non-hydrogen) atoms. The van der Waals surface area contributed by atoms with Crippen LogP contribution in [-0.4, -0.2) is 47.7 Å². The molecule has 126 valence electrons. The molecule has 1 saturated heterocycles. The number of rotatable bonds is 4. The molecule has 1 heterocycles. The Labute approximate surface area is 136 Å². The Hall–Kier alpha value is -2.24. The van der Waals surface area contributed by atoms with Gasteiger partial charge in [-0.05, 0) is 45.2 Å². The van der Waals surface area contributed by atoms with Gasteiger partial charge in [0, 0.05) is 18.2 Å². The van der Waals surface area contributed by atoms with Gasteiger partial charge in [0.05, 0.1) is 7.11 Å². The summed E-state index contributed by atoms with van der Waals surface area (Å²) in [5.74, 6) is -0.727. The molecular formula is C17H23NO5. The zero-order valence-corrected chi connectivity index (χ0v) is 13.7. The maximum atomic E-state index is 12.3. The molecule has 6 nitrogen and oxygen atoms in total. The van der Waals surface area contributed by atoms with Crippen molar-refractivity contribution >= 4 is 11.9 Å². The summed E-state index contributed by atoms with van der Waals surface area (Å²) in [6.07, 6.45) is 3.03. The number of aromatic hydroxyl groups is 1. The van der Waals surface area contributed by atoms with Gasteiger partial charge < -0.3 is 19.5 Å². The topological polar surface area (TPSA) is 76.1 Å². The predicted octanol–water partition coefficient (Wildman–Crippen LogP) is 2.35. The van der Waals surface area contributed by atoms with Crippen molar-refractivity contribution in [1.29, 1.82) is 0 Å². The number of phenols is 1. The molecule has 1 N–H and O–H groups in total. The molecule has 2 rings (SSSR count). The van der Waals surface area contributed by atoms with E-state index in [0.717, 1.165) is 19.3 Å². The van der Waals surface area contributed by atoms with Crippen LogP contribution in [0.1, 0.15) is 43.5 Å². The Morgan fingerprint density at radius 3 is 2.48 bits per heavy atom. The minimum Gasteiger partial charge on any atom is -0.507 e. The smallest absolute Gasteiger partial charge is 0.342 e. The van der Waals surface area contributed by atoms with Crippen molar-refractivity contribution in [2.75, 3.05) is 13.7 Å². The number of hydrogen-bond acceptors (Lipinski definition) is 5. The third-order valence-corrected chi connectivity index (χ3v) is 4.23. The molecule has 1 amide bonds. The van der Waals surface area contributed by atoms with Gasteiger partial charge in [-0.25, -0.2) is 4.79 Å². The van der Waals surface area contributed by atoms with E-state index in [-0.39, 0.29) is 35.9 Å². The van der Waals surface area contributed by atoms with E-state index in [0.29, 0.717) is 5.75 Å². The highest BCUT2D eigenvalue weighted by Gasteiger charge is 2.29. The van der Waals surface area contributed by atoms with E-state index in [4.69, 9.17) is 9.47 Å². The number of benzene rings is 1. The summed E-state index contributed by atoms with van der Waals surface area (Å²) in [5.41, 5.74) is 0.0124. The second-order valence-electron chi connectivity index (χ2n) is 5.89. The molecule has 0 aromatic heterocycles. The molecule has 0 unspecified atom stereocenters. The summed E-state index contributed by atoms with van der Waals surface area (Å²) < 4.78 is 10.0. The summed E-state index contributed by atoms with van der Waals surface area (Å²) in [6, 6.07) is 4.59. The highest BCUT2D eigenvalue weighted by molar-refractivity contribution is 5.94. The lowest BCUT2D eigenvalue weighted by atomic mass is 9.97. The number of amides is 1. The highest BCUT2D eigenvalue weighted by Crippen LogP contribution is 2.25. The number of likely N-dealkylation sites (tertiary alicyclic amines) is 1. The fraction of sp³-hybridized carbons (Fsp3) is 0.529. The van der Waals surface area contributed by atoms with Crippen molar-refractivity contribution in [2.45, 2.75) is 45.2 Å². The van der Waals surface area contributed by atoms with Crippen LogP contribution in [0, 0.1) is 0 Å². The molecule has 0 aliphatic carbocycles. The number of carbonyl (C=O) groups excluding carboxylic acids is 2. The van der Waals surface area contributed by atoms with Crippen LogP contribution in [0.2, 0.25) is 0 Å². The molecule has 1 aromatic carbocycles. The largest absolute Gasteiger partial charge is 0.507 e. The number of methoxy groups -OCH3 is 1. The molecule has 1 aliphatic rings. The molecule has 1 aliphatic heterocycles. The van der Waals surface area contributed by atoms with Gasteiger partial charge in [-0.2, -0.15) is 0 Å². The van der Waals surface area contributed by atoms with E-state index in [1.165, 1.54) is 19.2 Å². The number of esters is 1. The monoisotopic (exact) mass is 321 g/mol. The average molecular weight is 321 g/mol. The van der Waals surface area contributed by atoms with Gasteiger partial charge in [-0.15, -0.1) is 0 Å². The van der Waals surface area contributed by atoms with Crippen molar-refractivity contribution in [2.24, 2.45) is 0 Å². The molecule has 0 spiro atoms. The lowest BCUT2D eigenvalue weighted by molar-refractivity contribution is -0.140. The molecule has 0 saturated carbocycles. The molecule has 2 atom stereocenters. The number of carbonyl (C=O) groups is 2. The Morgan fingerprint density at radius 1 is 1.26 bits per heavy atom. The molecule has 1 fully saturated rings. The van der Waals surface area contributed by atoms with Crippen molar-refractivity contribution in [3.63, 3.8) is 0 Å². The van der Waals surface area contributed by atoms with E-state index in [9.17, 15) is 14.7 Å². The van der Waals surface area contributed by atoms with Crippen molar-refractivity contribution in [3.05, 3.63) is 23.8 Å². The van der Waals surface area contributed by atoms with Gasteiger partial charge in [0.15, 0.2) is 6.61 Å². The van der Waals surface area contributed by atoms with Crippen LogP contribution in [0.25, 0.3) is 0 Å². The van der Waals surface area contributed by atoms with Gasteiger partial charge in [0.1, 0.15) is 17.1 Å². The second-order valence-corrected chi connectivity index (χ2v) is 5.89. The summed E-state index contributed by atoms with van der Waals surface area (Å²) in [7, 11) is 1.46. The number of phenolic OH excluding ortho intramolecular Hbond substituents is 1. The molecule has 0 radical (unpaired) electrons. The summed E-state index contributed by atoms with van der Waals surface area (Å²) >= 11 is 0. The summed E-state index contributed by atoms with van der Waals surface area (Å²) in [5, 5.41) is 9.81. The fourth-order valence-corrected chi connectivity index (χ4v) is 3.00. The number of nitrogens with zero attached hydrogens (tertiary/aromatic N) is 1. The second kappa shape index (κ2) is 7.35. The first-order valence-corrected chi connectivity index (χ1v) is 7.79. The van der Waals surface area contributed by atoms with Gasteiger partial charge in [0.2, 0.25) is 0 Å². The van der Waals surface area contributed by atoms with Gasteiger partial charge in [0.25, 0.3) is 5.91 Å². The van der Waals surface area contributed by atoms with Gasteiger partial charge in [-0.1, -0.05) is 0 Å². The van der Waals surface area contributed by atoms with Crippen molar-refractivity contribution in [3.8, 4) is 11.5 Å². The van der Waals surface area contributed by atoms with E-state index < -0.39 is 5.97 Å². The molecule has 6 heteroatoms. The normalized spacial score (nSPS) is 20.9. The first-order valence-electron chi connectivity index (χ1n) is 7.79. The standard InChI is InChI=1S/C17H23NO5/c1-11-5-4-6-12(2)18(11)16(20)10-23-17(21)14-8-7-13(22-3)9-15(14)19/h7-9,11-12,19H,4-6,10H2,1-3H3/t11-,12-/m1/s1. The van der Waals surface area contributed by atoms with Gasteiger partial charge in [-0.3, -0.25) is 4.79 Å². The van der Waals surface area contributed by atoms with E-state index in [2.05, 4.69) is 0 Å². The number of ether oxygens (including phenoxy) is 2. The van der Waals surface area contributed by atoms with Gasteiger partial charge >= 0.3 is 5.97 Å². The molecular weight excluding hydrogens is 298 g/mol. The number of hydrogen-bond donors (Lipinski definition) is 1. The first-order chi connectivity index (χ1) is 10.9. The van der Waals surface area contributed by atoms with Crippen LogP contribution in [-0.2, 0) is 9.53 Å². The fourth-order valence-electron chi connectivity index (χ4n) is 3.00. The molecule has 1 aromatic rings.